The largest absolute Gasteiger partial charge is 0.423 e. The first kappa shape index (κ1) is 22.6. The Labute approximate surface area is 146 Å². The lowest BCUT2D eigenvalue weighted by Crippen LogP contribution is -1.89. The monoisotopic (exact) mass is 386 g/mol. The van der Waals surface area contributed by atoms with Crippen LogP contribution < -0.4 is 4.18 Å². The van der Waals surface area contributed by atoms with Crippen molar-refractivity contribution >= 4 is 25.0 Å². The predicted octanol–water partition coefficient (Wildman–Crippen LogP) is 5.73. The molecule has 0 unspecified atom stereocenters. The van der Waals surface area contributed by atoms with Gasteiger partial charge >= 0.3 is 0 Å². The molecule has 0 aliphatic carbocycles. The van der Waals surface area contributed by atoms with Gasteiger partial charge in [0.05, 0.1) is 0 Å². The number of thiol groups is 1. The van der Waals surface area contributed by atoms with E-state index in [0.29, 0.717) is 17.7 Å². The van der Waals surface area contributed by atoms with Gasteiger partial charge in [-0.2, -0.15) is 0 Å². The van der Waals surface area contributed by atoms with Crippen LogP contribution in [0.4, 0.5) is 22.0 Å². The summed E-state index contributed by atoms with van der Waals surface area (Å²) in [5.41, 5.74) is 0.357. The first-order valence-electron chi connectivity index (χ1n) is 6.23. The summed E-state index contributed by atoms with van der Waals surface area (Å²) in [4.78, 5) is 0. The number of benzene rings is 2. The molecule has 0 heterocycles. The Hall–Kier alpha value is -1.45. The van der Waals surface area contributed by atoms with Crippen LogP contribution in [0.5, 0.6) is 5.75 Å². The van der Waals surface area contributed by atoms with E-state index in [2.05, 4.69) is 17.1 Å². The molecule has 24 heavy (non-hydrogen) atoms. The fraction of sp³-hybridized carbons (Fsp3) is 0.200. The predicted molar refractivity (Wildman–Crippen MR) is 87.9 cm³/mol. The number of hydrogen-bond donors (Lipinski definition) is 2. The van der Waals surface area contributed by atoms with Crippen molar-refractivity contribution in [2.45, 2.75) is 13.8 Å². The second-order valence-corrected chi connectivity index (χ2v) is 4.87. The molecule has 2 rings (SSSR count). The highest BCUT2D eigenvalue weighted by Gasteiger charge is 2.09. The van der Waals surface area contributed by atoms with Crippen molar-refractivity contribution in [1.29, 1.82) is 0 Å². The Kier molecular flexibility index (Phi) is 10.5. The average Bonchev–Trinajstić information content (AvgIpc) is 2.45. The molecule has 0 radical (unpaired) electrons. The van der Waals surface area contributed by atoms with Crippen LogP contribution in [0, 0.1) is 42.9 Å². The molecule has 0 spiro atoms. The van der Waals surface area contributed by atoms with Crippen molar-refractivity contribution in [3.63, 3.8) is 0 Å². The minimum atomic E-state index is -0.888. The van der Waals surface area contributed by atoms with Crippen molar-refractivity contribution in [2.24, 2.45) is 0 Å². The third-order valence-corrected chi connectivity index (χ3v) is 2.66. The van der Waals surface area contributed by atoms with Crippen molar-refractivity contribution in [3.8, 4) is 5.75 Å². The SMILES string of the molecule is CSO.Cc1c(F)cc(F)cc1F.Cc1cc(F)c(OS)c(F)c1. The maximum Gasteiger partial charge on any atom is 0.208 e. The standard InChI is InChI=1S/C7H5F3.C7H6F2OS.CH4OS/c1-4-6(9)2-5(8)3-7(4)10;1-4-2-5(8)7(10-11)6(9)3-4;1-3-2/h2-3H,1H3;2-3,11H,1H3;2H,1H3. The smallest absolute Gasteiger partial charge is 0.208 e. The quantitative estimate of drug-likeness (QED) is 0.373. The third kappa shape index (κ3) is 7.41. The zero-order valence-electron chi connectivity index (χ0n) is 12.9. The molecule has 2 aromatic rings. The zero-order chi connectivity index (χ0) is 18.9. The number of hydrogen-bond acceptors (Lipinski definition) is 4. The summed E-state index contributed by atoms with van der Waals surface area (Å²) in [6.07, 6.45) is 1.60. The molecule has 0 atom stereocenters. The second kappa shape index (κ2) is 11.2. The van der Waals surface area contributed by atoms with Crippen LogP contribution in [0.15, 0.2) is 24.3 Å². The van der Waals surface area contributed by atoms with E-state index < -0.39 is 34.8 Å². The fourth-order valence-electron chi connectivity index (χ4n) is 1.39. The summed E-state index contributed by atoms with van der Waals surface area (Å²) in [6.45, 7) is 2.85. The maximum atomic E-state index is 12.7. The van der Waals surface area contributed by atoms with Gasteiger partial charge in [0.15, 0.2) is 11.6 Å². The Morgan fingerprint density at radius 3 is 1.58 bits per heavy atom. The van der Waals surface area contributed by atoms with E-state index in [1.165, 1.54) is 19.1 Å². The summed E-state index contributed by atoms with van der Waals surface area (Å²) >= 11 is 4.05. The molecule has 2 aromatic carbocycles. The molecule has 0 aliphatic heterocycles. The lowest BCUT2D eigenvalue weighted by atomic mass is 10.2. The summed E-state index contributed by atoms with van der Waals surface area (Å²) in [6, 6.07) is 3.65. The van der Waals surface area contributed by atoms with Gasteiger partial charge in [-0.1, -0.05) is 0 Å². The van der Waals surface area contributed by atoms with E-state index in [9.17, 15) is 22.0 Å². The Morgan fingerprint density at radius 2 is 1.25 bits per heavy atom. The van der Waals surface area contributed by atoms with Crippen molar-refractivity contribution in [3.05, 3.63) is 64.5 Å². The molecule has 0 amide bonds. The van der Waals surface area contributed by atoms with Gasteiger partial charge in [0.25, 0.3) is 0 Å². The zero-order valence-corrected chi connectivity index (χ0v) is 14.6. The normalized spacial score (nSPS) is 9.42. The van der Waals surface area contributed by atoms with Gasteiger partial charge in [0.1, 0.15) is 17.5 Å². The molecule has 1 N–H and O–H groups in total. The van der Waals surface area contributed by atoms with E-state index >= 15 is 0 Å². The lowest BCUT2D eigenvalue weighted by Gasteiger charge is -2.01. The Morgan fingerprint density at radius 1 is 0.875 bits per heavy atom. The van der Waals surface area contributed by atoms with E-state index in [0.717, 1.165) is 12.0 Å². The van der Waals surface area contributed by atoms with Crippen LogP contribution in [0.3, 0.4) is 0 Å². The van der Waals surface area contributed by atoms with Crippen LogP contribution in [-0.2, 0) is 0 Å². The fourth-order valence-corrected chi connectivity index (χ4v) is 1.56. The van der Waals surface area contributed by atoms with E-state index in [4.69, 9.17) is 4.55 Å². The van der Waals surface area contributed by atoms with E-state index in [1.54, 1.807) is 13.2 Å². The van der Waals surface area contributed by atoms with Crippen LogP contribution >= 0.6 is 25.0 Å². The highest BCUT2D eigenvalue weighted by molar-refractivity contribution is 7.93. The summed E-state index contributed by atoms with van der Waals surface area (Å²) in [7, 11) is 0. The highest BCUT2D eigenvalue weighted by Crippen LogP contribution is 2.23. The maximum absolute atomic E-state index is 12.7. The average molecular weight is 386 g/mol. The highest BCUT2D eigenvalue weighted by atomic mass is 32.2. The first-order valence-corrected chi connectivity index (χ1v) is 7.78. The lowest BCUT2D eigenvalue weighted by molar-refractivity contribution is 0.491. The van der Waals surface area contributed by atoms with Crippen LogP contribution in [0.2, 0.25) is 0 Å². The van der Waals surface area contributed by atoms with Gasteiger partial charge in [0.2, 0.25) is 5.75 Å². The molecule has 0 aliphatic rings. The number of rotatable bonds is 1. The Balaban J connectivity index is 0.000000381. The van der Waals surface area contributed by atoms with Crippen LogP contribution in [0.1, 0.15) is 11.1 Å². The molecule has 134 valence electrons. The van der Waals surface area contributed by atoms with Gasteiger partial charge in [-0.15, -0.1) is 0 Å². The molecular formula is C15H15F5O2S2. The molecule has 0 bridgehead atoms. The molecule has 9 heteroatoms. The van der Waals surface area contributed by atoms with Gasteiger partial charge < -0.3 is 8.74 Å². The van der Waals surface area contributed by atoms with Gasteiger partial charge in [-0.25, -0.2) is 22.0 Å². The Bertz CT molecular complexity index is 622. The van der Waals surface area contributed by atoms with Crippen molar-refractivity contribution < 1.29 is 30.7 Å². The van der Waals surface area contributed by atoms with E-state index in [-0.39, 0.29) is 5.56 Å². The van der Waals surface area contributed by atoms with Crippen LogP contribution in [0.25, 0.3) is 0 Å². The van der Waals surface area contributed by atoms with Gasteiger partial charge in [-0.05, 0) is 43.6 Å². The molecule has 0 saturated heterocycles. The summed E-state index contributed by atoms with van der Waals surface area (Å²) < 4.78 is 73.9. The molecule has 0 aromatic heterocycles. The molecule has 0 saturated carbocycles. The first-order chi connectivity index (χ1) is 11.2. The third-order valence-electron chi connectivity index (χ3n) is 2.48. The van der Waals surface area contributed by atoms with Crippen molar-refractivity contribution in [2.75, 3.05) is 6.26 Å². The minimum Gasteiger partial charge on any atom is -0.423 e. The second-order valence-electron chi connectivity index (χ2n) is 4.33. The van der Waals surface area contributed by atoms with Crippen molar-refractivity contribution in [1.82, 2.24) is 0 Å². The number of aryl methyl sites for hydroxylation is 1. The topological polar surface area (TPSA) is 29.5 Å². The molecule has 2 nitrogen and oxygen atoms in total. The molecular weight excluding hydrogens is 371 g/mol. The minimum absolute atomic E-state index is 0.151. The van der Waals surface area contributed by atoms with Gasteiger partial charge in [-0.3, -0.25) is 0 Å². The summed E-state index contributed by atoms with van der Waals surface area (Å²) in [5, 5.41) is 0. The number of halogens is 5. The van der Waals surface area contributed by atoms with Gasteiger partial charge in [0, 0.05) is 36.9 Å². The summed E-state index contributed by atoms with van der Waals surface area (Å²) in [5.74, 6) is -4.52. The van der Waals surface area contributed by atoms with E-state index in [1.807, 2.05) is 0 Å². The van der Waals surface area contributed by atoms with Crippen LogP contribution in [-0.4, -0.2) is 10.8 Å². The molecule has 0 fully saturated rings.